The number of nitrogens with one attached hydrogen (secondary N) is 2. The van der Waals surface area contributed by atoms with E-state index in [1.807, 2.05) is 0 Å². The average Bonchev–Trinajstić information content (AvgIpc) is 2.49. The maximum Gasteiger partial charge on any atom is 0.257 e. The van der Waals surface area contributed by atoms with E-state index >= 15 is 0 Å². The largest absolute Gasteiger partial charge is 0.393 e. The van der Waals surface area contributed by atoms with E-state index in [4.69, 9.17) is 5.11 Å². The van der Waals surface area contributed by atoms with Gasteiger partial charge in [0.05, 0.1) is 12.3 Å². The summed E-state index contributed by atoms with van der Waals surface area (Å²) in [5, 5.41) is 9.11. The van der Waals surface area contributed by atoms with Crippen LogP contribution in [-0.2, 0) is 10.0 Å². The van der Waals surface area contributed by atoms with Gasteiger partial charge in [0.15, 0.2) is 5.03 Å². The van der Waals surface area contributed by atoms with Crippen LogP contribution in [0.5, 0.6) is 0 Å². The lowest BCUT2D eigenvalue weighted by molar-refractivity contribution is 0.0712. The van der Waals surface area contributed by atoms with Crippen molar-refractivity contribution >= 4 is 10.0 Å². The molecule has 0 bridgehead atoms. The molecule has 1 aliphatic carbocycles. The SMILES string of the molecule is Cc1ncc(S(=O)(=O)NC2CC(O)C2)[nH]1. The fourth-order valence-corrected chi connectivity index (χ4v) is 2.73. The van der Waals surface area contributed by atoms with Crippen molar-refractivity contribution in [1.29, 1.82) is 0 Å². The maximum atomic E-state index is 11.7. The molecule has 7 heteroatoms. The van der Waals surface area contributed by atoms with Crippen molar-refractivity contribution in [1.82, 2.24) is 14.7 Å². The number of hydrogen-bond donors (Lipinski definition) is 3. The van der Waals surface area contributed by atoms with Crippen LogP contribution in [0.25, 0.3) is 0 Å². The van der Waals surface area contributed by atoms with E-state index in [0.717, 1.165) is 0 Å². The Hall–Kier alpha value is -0.920. The van der Waals surface area contributed by atoms with Crippen LogP contribution in [0.1, 0.15) is 18.7 Å². The zero-order chi connectivity index (χ0) is 11.1. The zero-order valence-corrected chi connectivity index (χ0v) is 9.08. The van der Waals surface area contributed by atoms with E-state index in [0.29, 0.717) is 18.7 Å². The third kappa shape index (κ3) is 2.19. The molecule has 1 heterocycles. The molecule has 15 heavy (non-hydrogen) atoms. The summed E-state index contributed by atoms with van der Waals surface area (Å²) in [5.74, 6) is 0.559. The summed E-state index contributed by atoms with van der Waals surface area (Å²) in [6, 6.07) is -0.159. The second-order valence-corrected chi connectivity index (χ2v) is 5.46. The molecule has 3 N–H and O–H groups in total. The van der Waals surface area contributed by atoms with Crippen LogP contribution in [0, 0.1) is 6.92 Å². The minimum atomic E-state index is -3.50. The number of hydrogen-bond acceptors (Lipinski definition) is 4. The summed E-state index contributed by atoms with van der Waals surface area (Å²) >= 11 is 0. The molecule has 1 saturated carbocycles. The highest BCUT2D eigenvalue weighted by atomic mass is 32.2. The summed E-state index contributed by atoms with van der Waals surface area (Å²) < 4.78 is 25.9. The molecule has 1 aromatic rings. The molecule has 0 saturated heterocycles. The molecule has 0 unspecified atom stereocenters. The first kappa shape index (κ1) is 10.6. The lowest BCUT2D eigenvalue weighted by atomic mass is 9.91. The topological polar surface area (TPSA) is 95.1 Å². The molecule has 0 amide bonds. The third-order valence-electron chi connectivity index (χ3n) is 2.40. The number of H-pyrrole nitrogens is 1. The molecule has 1 aromatic heterocycles. The Bertz CT molecular complexity index is 447. The Balaban J connectivity index is 2.07. The van der Waals surface area contributed by atoms with E-state index in [1.54, 1.807) is 6.92 Å². The maximum absolute atomic E-state index is 11.7. The summed E-state index contributed by atoms with van der Waals surface area (Å²) in [7, 11) is -3.50. The number of sulfonamides is 1. The number of aromatic amines is 1. The van der Waals surface area contributed by atoms with Crippen molar-refractivity contribution in [2.45, 2.75) is 36.9 Å². The van der Waals surface area contributed by atoms with Gasteiger partial charge in [-0.1, -0.05) is 0 Å². The summed E-state index contributed by atoms with van der Waals surface area (Å²) in [6.45, 7) is 1.69. The Morgan fingerprint density at radius 1 is 1.60 bits per heavy atom. The van der Waals surface area contributed by atoms with Crippen LogP contribution in [0.2, 0.25) is 0 Å². The number of aryl methyl sites for hydroxylation is 1. The van der Waals surface area contributed by atoms with Crippen molar-refractivity contribution in [2.75, 3.05) is 0 Å². The fraction of sp³-hybridized carbons (Fsp3) is 0.625. The number of rotatable bonds is 3. The Morgan fingerprint density at radius 3 is 2.73 bits per heavy atom. The van der Waals surface area contributed by atoms with E-state index in [9.17, 15) is 8.42 Å². The quantitative estimate of drug-likeness (QED) is 0.654. The van der Waals surface area contributed by atoms with Gasteiger partial charge in [-0.2, -0.15) is 0 Å². The molecule has 2 rings (SSSR count). The average molecular weight is 231 g/mol. The molecule has 1 aliphatic rings. The van der Waals surface area contributed by atoms with Crippen molar-refractivity contribution in [3.8, 4) is 0 Å². The number of nitrogens with zero attached hydrogens (tertiary/aromatic N) is 1. The molecular formula is C8H13N3O3S. The molecule has 0 spiro atoms. The van der Waals surface area contributed by atoms with Crippen LogP contribution in [0.3, 0.4) is 0 Å². The van der Waals surface area contributed by atoms with Gasteiger partial charge in [-0.15, -0.1) is 0 Å². The summed E-state index contributed by atoms with van der Waals surface area (Å²) in [5.41, 5.74) is 0. The zero-order valence-electron chi connectivity index (χ0n) is 8.27. The second-order valence-electron chi connectivity index (χ2n) is 3.78. The summed E-state index contributed by atoms with van der Waals surface area (Å²) in [4.78, 5) is 6.48. The number of aliphatic hydroxyl groups is 1. The lowest BCUT2D eigenvalue weighted by Gasteiger charge is -2.31. The predicted molar refractivity (Wildman–Crippen MR) is 52.7 cm³/mol. The molecule has 84 valence electrons. The van der Waals surface area contributed by atoms with Crippen molar-refractivity contribution < 1.29 is 13.5 Å². The van der Waals surface area contributed by atoms with Gasteiger partial charge in [-0.3, -0.25) is 0 Å². The Kier molecular flexibility index (Phi) is 2.53. The molecule has 6 nitrogen and oxygen atoms in total. The van der Waals surface area contributed by atoms with Crippen molar-refractivity contribution in [2.24, 2.45) is 0 Å². The molecule has 0 aromatic carbocycles. The molecule has 0 atom stereocenters. The highest BCUT2D eigenvalue weighted by molar-refractivity contribution is 7.89. The van der Waals surface area contributed by atoms with Gasteiger partial charge in [0.1, 0.15) is 5.82 Å². The minimum absolute atomic E-state index is 0.0707. The second kappa shape index (κ2) is 3.58. The molecule has 1 fully saturated rings. The van der Waals surface area contributed by atoms with Crippen LogP contribution < -0.4 is 4.72 Å². The van der Waals surface area contributed by atoms with Gasteiger partial charge >= 0.3 is 0 Å². The number of aliphatic hydroxyl groups excluding tert-OH is 1. The highest BCUT2D eigenvalue weighted by Crippen LogP contribution is 2.21. The first-order valence-corrected chi connectivity index (χ1v) is 6.18. The first-order valence-electron chi connectivity index (χ1n) is 4.69. The third-order valence-corrected chi connectivity index (χ3v) is 3.83. The smallest absolute Gasteiger partial charge is 0.257 e. The van der Waals surface area contributed by atoms with Gasteiger partial charge in [-0.25, -0.2) is 18.1 Å². The van der Waals surface area contributed by atoms with Gasteiger partial charge in [0.2, 0.25) is 0 Å². The molecule has 0 radical (unpaired) electrons. The van der Waals surface area contributed by atoms with Crippen molar-refractivity contribution in [3.05, 3.63) is 12.0 Å². The normalized spacial score (nSPS) is 26.3. The Morgan fingerprint density at radius 2 is 2.27 bits per heavy atom. The van der Waals surface area contributed by atoms with E-state index in [2.05, 4.69) is 14.7 Å². The van der Waals surface area contributed by atoms with Crippen LogP contribution in [0.15, 0.2) is 11.2 Å². The van der Waals surface area contributed by atoms with Gasteiger partial charge in [-0.05, 0) is 19.8 Å². The van der Waals surface area contributed by atoms with E-state index in [-0.39, 0.29) is 17.2 Å². The number of aromatic nitrogens is 2. The Labute approximate surface area is 87.8 Å². The van der Waals surface area contributed by atoms with Crippen molar-refractivity contribution in [3.63, 3.8) is 0 Å². The van der Waals surface area contributed by atoms with Crippen LogP contribution in [-0.4, -0.2) is 35.6 Å². The fourth-order valence-electron chi connectivity index (χ4n) is 1.50. The van der Waals surface area contributed by atoms with Gasteiger partial charge in [0, 0.05) is 6.04 Å². The van der Waals surface area contributed by atoms with Gasteiger partial charge in [0.25, 0.3) is 10.0 Å². The number of imidazole rings is 1. The highest BCUT2D eigenvalue weighted by Gasteiger charge is 2.31. The van der Waals surface area contributed by atoms with E-state index in [1.165, 1.54) is 6.20 Å². The van der Waals surface area contributed by atoms with Gasteiger partial charge < -0.3 is 10.1 Å². The van der Waals surface area contributed by atoms with E-state index < -0.39 is 10.0 Å². The lowest BCUT2D eigenvalue weighted by Crippen LogP contribution is -2.46. The first-order chi connectivity index (χ1) is 6.97. The monoisotopic (exact) mass is 231 g/mol. The predicted octanol–water partition coefficient (Wildman–Crippen LogP) is -0.480. The molecule has 0 aliphatic heterocycles. The standard InChI is InChI=1S/C8H13N3O3S/c1-5-9-4-8(10-5)15(13,14)11-6-2-7(12)3-6/h4,6-7,11-12H,2-3H2,1H3,(H,9,10). The molecular weight excluding hydrogens is 218 g/mol. The van der Waals surface area contributed by atoms with Crippen LogP contribution >= 0.6 is 0 Å². The minimum Gasteiger partial charge on any atom is -0.393 e. The summed E-state index contributed by atoms with van der Waals surface area (Å²) in [6.07, 6.45) is 1.87. The van der Waals surface area contributed by atoms with Crippen LogP contribution in [0.4, 0.5) is 0 Å².